The number of nitro groups is 1. The van der Waals surface area contributed by atoms with Gasteiger partial charge in [-0.1, -0.05) is 60.7 Å². The first kappa shape index (κ1) is 21.4. The van der Waals surface area contributed by atoms with Crippen molar-refractivity contribution >= 4 is 23.4 Å². The van der Waals surface area contributed by atoms with Crippen molar-refractivity contribution in [2.45, 2.75) is 0 Å². The molecule has 0 fully saturated rings. The molecule has 9 heteroatoms. The van der Waals surface area contributed by atoms with Gasteiger partial charge in [0.2, 0.25) is 0 Å². The minimum Gasteiger partial charge on any atom is -0.452 e. The molecule has 3 aromatic carbocycles. The van der Waals surface area contributed by atoms with Gasteiger partial charge in [0.05, 0.1) is 16.3 Å². The fraction of sp³-hybridized carbons (Fsp3) is 0.0417. The predicted molar refractivity (Wildman–Crippen MR) is 121 cm³/mol. The van der Waals surface area contributed by atoms with Gasteiger partial charge >= 0.3 is 5.97 Å². The van der Waals surface area contributed by atoms with Gasteiger partial charge in [-0.2, -0.15) is 5.10 Å². The van der Waals surface area contributed by atoms with E-state index in [1.54, 1.807) is 10.7 Å². The van der Waals surface area contributed by atoms with E-state index in [-0.39, 0.29) is 5.56 Å². The molecule has 4 aromatic rings. The summed E-state index contributed by atoms with van der Waals surface area (Å²) in [6.07, 6.45) is 0. The molecule has 4 rings (SSSR count). The zero-order valence-corrected chi connectivity index (χ0v) is 17.3. The molecule has 1 aromatic heterocycles. The number of carbonyl (C=O) groups is 2. The minimum atomic E-state index is -0.959. The highest BCUT2D eigenvalue weighted by atomic mass is 16.6. The van der Waals surface area contributed by atoms with E-state index in [9.17, 15) is 19.7 Å². The molecule has 9 nitrogen and oxygen atoms in total. The molecule has 0 unspecified atom stereocenters. The van der Waals surface area contributed by atoms with Gasteiger partial charge in [-0.25, -0.2) is 9.48 Å². The fourth-order valence-electron chi connectivity index (χ4n) is 3.18. The Balaban J connectivity index is 1.52. The fourth-order valence-corrected chi connectivity index (χ4v) is 3.18. The number of nitro benzene ring substituents is 1. The maximum Gasteiger partial charge on any atom is 0.345 e. The molecule has 0 saturated heterocycles. The maximum absolute atomic E-state index is 12.5. The van der Waals surface area contributed by atoms with E-state index in [2.05, 4.69) is 10.4 Å². The highest BCUT2D eigenvalue weighted by Crippen LogP contribution is 2.25. The Bertz CT molecular complexity index is 1300. The first-order valence-electron chi connectivity index (χ1n) is 9.94. The average molecular weight is 442 g/mol. The molecular formula is C24H18N4O5. The number of nitrogens with zero attached hydrogens (tertiary/aromatic N) is 3. The molecule has 0 radical (unpaired) electrons. The highest BCUT2D eigenvalue weighted by molar-refractivity contribution is 5.97. The lowest BCUT2D eigenvalue weighted by Crippen LogP contribution is -2.22. The molecule has 0 spiro atoms. The number of ether oxygens (including phenoxy) is 1. The Labute approximate surface area is 188 Å². The summed E-state index contributed by atoms with van der Waals surface area (Å²) in [7, 11) is 0. The van der Waals surface area contributed by atoms with E-state index < -0.39 is 29.1 Å². The molecule has 1 amide bonds. The Morgan fingerprint density at radius 2 is 1.58 bits per heavy atom. The van der Waals surface area contributed by atoms with Crippen LogP contribution in [0.2, 0.25) is 0 Å². The zero-order valence-electron chi connectivity index (χ0n) is 17.3. The van der Waals surface area contributed by atoms with E-state index in [0.29, 0.717) is 11.5 Å². The molecule has 0 aliphatic rings. The van der Waals surface area contributed by atoms with Crippen LogP contribution in [-0.4, -0.2) is 33.2 Å². The number of carbonyl (C=O) groups excluding carboxylic acids is 2. The largest absolute Gasteiger partial charge is 0.452 e. The molecule has 1 N–H and O–H groups in total. The van der Waals surface area contributed by atoms with Crippen LogP contribution >= 0.6 is 0 Å². The van der Waals surface area contributed by atoms with Crippen molar-refractivity contribution in [1.82, 2.24) is 9.78 Å². The summed E-state index contributed by atoms with van der Waals surface area (Å²) in [4.78, 5) is 35.2. The molecule has 0 aliphatic carbocycles. The van der Waals surface area contributed by atoms with Crippen LogP contribution in [-0.2, 0) is 9.53 Å². The average Bonchev–Trinajstić information content (AvgIpc) is 3.27. The van der Waals surface area contributed by atoms with Gasteiger partial charge in [-0.3, -0.25) is 14.9 Å². The second-order valence-corrected chi connectivity index (χ2v) is 6.93. The lowest BCUT2D eigenvalue weighted by Gasteiger charge is -2.09. The van der Waals surface area contributed by atoms with Crippen molar-refractivity contribution in [2.24, 2.45) is 0 Å². The normalized spacial score (nSPS) is 10.4. The van der Waals surface area contributed by atoms with Crippen LogP contribution in [0, 0.1) is 10.1 Å². The Hall–Kier alpha value is -4.79. The second-order valence-electron chi connectivity index (χ2n) is 6.93. The van der Waals surface area contributed by atoms with E-state index in [1.165, 1.54) is 24.3 Å². The predicted octanol–water partition coefficient (Wildman–Crippen LogP) is 4.24. The summed E-state index contributed by atoms with van der Waals surface area (Å²) >= 11 is 0. The van der Waals surface area contributed by atoms with Crippen molar-refractivity contribution in [3.8, 4) is 16.9 Å². The number of hydrogen-bond donors (Lipinski definition) is 1. The molecule has 0 atom stereocenters. The number of hydrogen-bond acceptors (Lipinski definition) is 6. The van der Waals surface area contributed by atoms with Gasteiger partial charge in [0.15, 0.2) is 6.61 Å². The van der Waals surface area contributed by atoms with Gasteiger partial charge in [0.25, 0.3) is 11.6 Å². The van der Waals surface area contributed by atoms with E-state index >= 15 is 0 Å². The molecular weight excluding hydrogens is 424 g/mol. The van der Waals surface area contributed by atoms with Crippen LogP contribution in [0.1, 0.15) is 10.4 Å². The smallest absolute Gasteiger partial charge is 0.345 e. The van der Waals surface area contributed by atoms with Crippen LogP contribution in [0.3, 0.4) is 0 Å². The third-order valence-electron chi connectivity index (χ3n) is 4.70. The number of esters is 1. The molecule has 0 saturated carbocycles. The summed E-state index contributed by atoms with van der Waals surface area (Å²) in [6.45, 7) is -0.620. The number of aromatic nitrogens is 2. The summed E-state index contributed by atoms with van der Waals surface area (Å²) in [5.74, 6) is -1.19. The highest BCUT2D eigenvalue weighted by Gasteiger charge is 2.22. The second kappa shape index (κ2) is 9.56. The Morgan fingerprint density at radius 3 is 2.27 bits per heavy atom. The topological polar surface area (TPSA) is 116 Å². The maximum atomic E-state index is 12.5. The number of benzene rings is 3. The van der Waals surface area contributed by atoms with E-state index in [4.69, 9.17) is 4.74 Å². The van der Waals surface area contributed by atoms with Gasteiger partial charge < -0.3 is 10.1 Å². The Kier molecular flexibility index (Phi) is 6.21. The zero-order chi connectivity index (χ0) is 23.2. The third kappa shape index (κ3) is 4.93. The summed E-state index contributed by atoms with van der Waals surface area (Å²) in [6, 6.07) is 25.8. The van der Waals surface area contributed by atoms with Crippen molar-refractivity contribution < 1.29 is 19.2 Å². The molecule has 33 heavy (non-hydrogen) atoms. The van der Waals surface area contributed by atoms with Gasteiger partial charge in [-0.15, -0.1) is 0 Å². The third-order valence-corrected chi connectivity index (χ3v) is 4.70. The number of para-hydroxylation sites is 2. The summed E-state index contributed by atoms with van der Waals surface area (Å²) in [5, 5.41) is 18.4. The van der Waals surface area contributed by atoms with Gasteiger partial charge in [-0.05, 0) is 18.2 Å². The SMILES string of the molecule is O=C(COC(=O)c1ccccc1[N+](=O)[O-])Nc1cc(-c2ccccc2)nn1-c1ccccc1. The standard InChI is InChI=1S/C24H18N4O5/c29-23(16-33-24(30)19-13-7-8-14-21(19)28(31)32)25-22-15-20(17-9-3-1-4-10-17)26-27(22)18-11-5-2-6-12-18/h1-15H,16H2,(H,25,29). The monoisotopic (exact) mass is 442 g/mol. The number of rotatable bonds is 7. The van der Waals surface area contributed by atoms with Crippen LogP contribution in [0.5, 0.6) is 0 Å². The molecule has 164 valence electrons. The van der Waals surface area contributed by atoms with E-state index in [0.717, 1.165) is 11.3 Å². The quantitative estimate of drug-likeness (QED) is 0.260. The van der Waals surface area contributed by atoms with Crippen molar-refractivity contribution in [3.05, 3.63) is 107 Å². The Morgan fingerprint density at radius 1 is 0.939 bits per heavy atom. The molecule has 0 aliphatic heterocycles. The van der Waals surface area contributed by atoms with Crippen LogP contribution in [0.4, 0.5) is 11.5 Å². The van der Waals surface area contributed by atoms with Crippen molar-refractivity contribution in [1.29, 1.82) is 0 Å². The summed E-state index contributed by atoms with van der Waals surface area (Å²) in [5.41, 5.74) is 1.62. The summed E-state index contributed by atoms with van der Waals surface area (Å²) < 4.78 is 6.58. The van der Waals surface area contributed by atoms with Gasteiger partial charge in [0, 0.05) is 17.7 Å². The minimum absolute atomic E-state index is 0.226. The van der Waals surface area contributed by atoms with Gasteiger partial charge in [0.1, 0.15) is 11.4 Å². The molecule has 1 heterocycles. The lowest BCUT2D eigenvalue weighted by atomic mass is 10.2. The first-order chi connectivity index (χ1) is 16.0. The first-order valence-corrected chi connectivity index (χ1v) is 9.94. The van der Waals surface area contributed by atoms with Crippen molar-refractivity contribution in [3.63, 3.8) is 0 Å². The lowest BCUT2D eigenvalue weighted by molar-refractivity contribution is -0.385. The number of amides is 1. The van der Waals surface area contributed by atoms with Crippen LogP contribution in [0.15, 0.2) is 91.0 Å². The number of anilines is 1. The molecule has 0 bridgehead atoms. The number of nitrogens with one attached hydrogen (secondary N) is 1. The van der Waals surface area contributed by atoms with Crippen LogP contribution in [0.25, 0.3) is 16.9 Å². The van der Waals surface area contributed by atoms with E-state index in [1.807, 2.05) is 60.7 Å². The van der Waals surface area contributed by atoms with Crippen molar-refractivity contribution in [2.75, 3.05) is 11.9 Å². The van der Waals surface area contributed by atoms with Crippen LogP contribution < -0.4 is 5.32 Å².